The molecule has 0 radical (unpaired) electrons. The molecule has 3 aromatic carbocycles. The minimum atomic E-state index is -0.00458. The number of ketones is 2. The number of rotatable bonds is 5. The fourth-order valence-corrected chi connectivity index (χ4v) is 2.09. The van der Waals surface area contributed by atoms with Crippen molar-refractivity contribution in [1.82, 2.24) is 0 Å². The van der Waals surface area contributed by atoms with Crippen molar-refractivity contribution in [3.05, 3.63) is 108 Å². The molecule has 0 aromatic heterocycles. The Labute approximate surface area is 165 Å². The smallest absolute Gasteiger partial charge is 0.105 e. The van der Waals surface area contributed by atoms with Gasteiger partial charge in [0.15, 0.2) is 0 Å². The summed E-state index contributed by atoms with van der Waals surface area (Å²) < 4.78 is 0. The van der Waals surface area contributed by atoms with E-state index in [2.05, 4.69) is 0 Å². The monoisotopic (exact) mass is 384 g/mol. The Morgan fingerprint density at radius 1 is 0.923 bits per heavy atom. The normalized spacial score (nSPS) is 10.2. The van der Waals surface area contributed by atoms with Gasteiger partial charge < -0.3 is 51.6 Å². The van der Waals surface area contributed by atoms with Gasteiger partial charge in [-0.3, -0.25) is 0 Å². The molecule has 3 aromatic rings. The van der Waals surface area contributed by atoms with Crippen LogP contribution in [-0.4, -0.2) is 11.6 Å². The van der Waals surface area contributed by atoms with Crippen LogP contribution < -0.4 is 0 Å². The van der Waals surface area contributed by atoms with Gasteiger partial charge in [-0.2, -0.15) is 12.1 Å². The molecular formula is C23H20FeO2-6. The van der Waals surface area contributed by atoms with Gasteiger partial charge >= 0.3 is 0 Å². The minimum Gasteiger partial charge on any atom is -0.686 e. The Morgan fingerprint density at radius 2 is 1.54 bits per heavy atom. The molecule has 0 unspecified atom stereocenters. The quantitative estimate of drug-likeness (QED) is 0.259. The zero-order chi connectivity index (χ0) is 17.9. The van der Waals surface area contributed by atoms with Gasteiger partial charge in [-0.25, -0.2) is 12.1 Å². The topological polar surface area (TPSA) is 34.1 Å². The third kappa shape index (κ3) is 7.89. The van der Waals surface area contributed by atoms with E-state index in [1.54, 1.807) is 19.1 Å². The summed E-state index contributed by atoms with van der Waals surface area (Å²) in [5.74, 6) is 0.130. The first-order valence-electron chi connectivity index (χ1n) is 8.04. The average Bonchev–Trinajstić information content (AvgIpc) is 3.33. The van der Waals surface area contributed by atoms with E-state index in [1.165, 1.54) is 0 Å². The van der Waals surface area contributed by atoms with E-state index < -0.39 is 0 Å². The number of benzene rings is 1. The standard InChI is InChI=1S/C16H13O.C7H7O.Fe/c17-16(13-11-15-8-4-5-9-15)12-10-14-6-2-1-3-7-14;1-6(8)7-4-2-3-5-7;/h1-13H;2-5H,1H3;/q-5;-1;. The van der Waals surface area contributed by atoms with Crippen LogP contribution in [-0.2, 0) is 21.9 Å². The Morgan fingerprint density at radius 3 is 2.08 bits per heavy atom. The molecule has 138 valence electrons. The number of Topliss-reactive ketones (excluding diaryl/α,β-unsaturated/α-hetero) is 1. The molecule has 3 rings (SSSR count). The van der Waals surface area contributed by atoms with Crippen molar-refractivity contribution < 1.29 is 26.7 Å². The molecule has 0 N–H and O–H groups in total. The Hall–Kier alpha value is -2.74. The molecule has 0 heterocycles. The number of carbonyl (C=O) groups excluding carboxylic acids is 2. The Bertz CT molecular complexity index is 824. The number of hydrogen-bond acceptors (Lipinski definition) is 2. The second-order valence-corrected chi connectivity index (χ2v) is 5.43. The zero-order valence-electron chi connectivity index (χ0n) is 14.5. The summed E-state index contributed by atoms with van der Waals surface area (Å²) in [4.78, 5) is 22.0. The van der Waals surface area contributed by atoms with Crippen LogP contribution >= 0.6 is 0 Å². The summed E-state index contributed by atoms with van der Waals surface area (Å²) in [7, 11) is 0. The third-order valence-corrected chi connectivity index (χ3v) is 3.44. The first-order valence-corrected chi connectivity index (χ1v) is 8.04. The van der Waals surface area contributed by atoms with Crippen molar-refractivity contribution in [1.29, 1.82) is 0 Å². The predicted octanol–water partition coefficient (Wildman–Crippen LogP) is 5.31. The second kappa shape index (κ2) is 11.8. The molecule has 0 bridgehead atoms. The van der Waals surface area contributed by atoms with Gasteiger partial charge in [0, 0.05) is 22.9 Å². The molecule has 0 spiro atoms. The van der Waals surface area contributed by atoms with E-state index in [1.807, 2.05) is 91.0 Å². The van der Waals surface area contributed by atoms with Gasteiger partial charge in [0.05, 0.1) is 0 Å². The van der Waals surface area contributed by atoms with Crippen molar-refractivity contribution >= 4 is 23.7 Å². The van der Waals surface area contributed by atoms with E-state index in [9.17, 15) is 9.59 Å². The van der Waals surface area contributed by atoms with Crippen LogP contribution in [0.5, 0.6) is 0 Å². The molecule has 0 aliphatic heterocycles. The first-order chi connectivity index (χ1) is 12.1. The number of allylic oxidation sites excluding steroid dienone is 2. The van der Waals surface area contributed by atoms with E-state index >= 15 is 0 Å². The molecule has 0 fully saturated rings. The SMILES string of the molecule is CC(=O)[c-]1cccc1.O=C(C=Cc1ccccc1)C=C[c-]1[cH-][cH-][cH-][cH-]1.[Fe]. The van der Waals surface area contributed by atoms with Gasteiger partial charge in [0.1, 0.15) is 5.78 Å². The molecule has 0 aliphatic carbocycles. The van der Waals surface area contributed by atoms with Crippen molar-refractivity contribution in [2.45, 2.75) is 6.92 Å². The van der Waals surface area contributed by atoms with E-state index in [4.69, 9.17) is 0 Å². The molecule has 0 atom stereocenters. The third-order valence-electron chi connectivity index (χ3n) is 3.44. The summed E-state index contributed by atoms with van der Waals surface area (Å²) >= 11 is 0. The van der Waals surface area contributed by atoms with Crippen LogP contribution in [0, 0.1) is 0 Å². The largest absolute Gasteiger partial charge is 0.686 e. The van der Waals surface area contributed by atoms with E-state index in [0.29, 0.717) is 0 Å². The van der Waals surface area contributed by atoms with Gasteiger partial charge in [0.25, 0.3) is 0 Å². The van der Waals surface area contributed by atoms with Crippen LogP contribution in [0.25, 0.3) is 12.2 Å². The molecule has 0 saturated heterocycles. The van der Waals surface area contributed by atoms with Gasteiger partial charge in [-0.05, 0) is 18.6 Å². The van der Waals surface area contributed by atoms with Crippen LogP contribution in [0.1, 0.15) is 28.4 Å². The fourth-order valence-electron chi connectivity index (χ4n) is 2.09. The van der Waals surface area contributed by atoms with Crippen molar-refractivity contribution in [3.8, 4) is 0 Å². The summed E-state index contributed by atoms with van der Waals surface area (Å²) in [6.07, 6.45) is 6.79. The van der Waals surface area contributed by atoms with E-state index in [0.717, 1.165) is 16.7 Å². The molecule has 2 nitrogen and oxygen atoms in total. The summed E-state index contributed by atoms with van der Waals surface area (Å²) in [6, 6.07) is 24.9. The van der Waals surface area contributed by atoms with Gasteiger partial charge in [0.2, 0.25) is 0 Å². The van der Waals surface area contributed by atoms with Gasteiger partial charge in [-0.15, -0.1) is 0 Å². The first kappa shape index (κ1) is 21.3. The van der Waals surface area contributed by atoms with E-state index in [-0.39, 0.29) is 28.6 Å². The molecular weight excluding hydrogens is 364 g/mol. The van der Waals surface area contributed by atoms with Crippen LogP contribution in [0.3, 0.4) is 0 Å². The van der Waals surface area contributed by atoms with Crippen molar-refractivity contribution in [2.75, 3.05) is 0 Å². The molecule has 0 saturated carbocycles. The number of hydrogen-bond donors (Lipinski definition) is 0. The maximum absolute atomic E-state index is 11.5. The fraction of sp³-hybridized carbons (Fsp3) is 0.0435. The van der Waals surface area contributed by atoms with Crippen molar-refractivity contribution in [3.63, 3.8) is 0 Å². The van der Waals surface area contributed by atoms with Crippen LogP contribution in [0.4, 0.5) is 0 Å². The molecule has 0 amide bonds. The Balaban J connectivity index is 0.000000318. The molecule has 3 heteroatoms. The predicted molar refractivity (Wildman–Crippen MR) is 104 cm³/mol. The summed E-state index contributed by atoms with van der Waals surface area (Å²) in [5, 5.41) is 0. The minimum absolute atomic E-state index is 0. The molecule has 0 aliphatic rings. The second-order valence-electron chi connectivity index (χ2n) is 5.43. The molecule has 26 heavy (non-hydrogen) atoms. The van der Waals surface area contributed by atoms with Crippen LogP contribution in [0.2, 0.25) is 0 Å². The summed E-state index contributed by atoms with van der Waals surface area (Å²) in [5.41, 5.74) is 2.87. The Kier molecular flexibility index (Phi) is 9.63. The van der Waals surface area contributed by atoms with Gasteiger partial charge in [-0.1, -0.05) is 42.0 Å². The average molecular weight is 384 g/mol. The van der Waals surface area contributed by atoms with Crippen LogP contribution in [0.15, 0.2) is 91.0 Å². The van der Waals surface area contributed by atoms with Crippen molar-refractivity contribution in [2.24, 2.45) is 0 Å². The maximum Gasteiger partial charge on any atom is 0.105 e. The summed E-state index contributed by atoms with van der Waals surface area (Å²) in [6.45, 7) is 1.56. The zero-order valence-corrected chi connectivity index (χ0v) is 15.6. The maximum atomic E-state index is 11.5. The number of carbonyl (C=O) groups is 2.